The van der Waals surface area contributed by atoms with Gasteiger partial charge in [0, 0.05) is 13.2 Å². The van der Waals surface area contributed by atoms with Gasteiger partial charge in [-0.25, -0.2) is 13.1 Å². The summed E-state index contributed by atoms with van der Waals surface area (Å²) in [6.45, 7) is 0.727. The van der Waals surface area contributed by atoms with Gasteiger partial charge in [0.25, 0.3) is 0 Å². The molecule has 0 radical (unpaired) electrons. The third-order valence-corrected chi connectivity index (χ3v) is 3.52. The maximum absolute atomic E-state index is 11.7. The predicted molar refractivity (Wildman–Crippen MR) is 63.6 cm³/mol. The monoisotopic (exact) mass is 290 g/mol. The van der Waals surface area contributed by atoms with E-state index in [1.165, 1.54) is 17.8 Å². The number of carbonyl (C=O) groups is 2. The zero-order valence-corrected chi connectivity index (χ0v) is 11.1. The van der Waals surface area contributed by atoms with Crippen molar-refractivity contribution in [3.63, 3.8) is 0 Å². The Morgan fingerprint density at radius 1 is 1.53 bits per heavy atom. The van der Waals surface area contributed by atoms with Crippen LogP contribution in [0.1, 0.15) is 6.92 Å². The summed E-state index contributed by atoms with van der Waals surface area (Å²) in [5.74, 6) is -1.94. The first kappa shape index (κ1) is 15.1. The minimum absolute atomic E-state index is 0.0749. The molecular formula is C9H14N4O5S. The van der Waals surface area contributed by atoms with Crippen molar-refractivity contribution in [3.05, 3.63) is 12.4 Å². The van der Waals surface area contributed by atoms with Gasteiger partial charge in [0.15, 0.2) is 0 Å². The van der Waals surface area contributed by atoms with Crippen molar-refractivity contribution in [2.24, 2.45) is 7.05 Å². The van der Waals surface area contributed by atoms with Crippen LogP contribution in [0.5, 0.6) is 0 Å². The smallest absolute Gasteiger partial charge is 0.325 e. The average Bonchev–Trinajstić information content (AvgIpc) is 2.74. The standard InChI is InChI=1S/C9H14N4O5S/c1-6(9(15)16)12-8(14)4-11-19(17,18)7-3-10-13(2)5-7/h3,5-6,11H,4H2,1-2H3,(H,12,14)(H,15,16). The summed E-state index contributed by atoms with van der Waals surface area (Å²) < 4.78 is 26.8. The van der Waals surface area contributed by atoms with Gasteiger partial charge >= 0.3 is 5.97 Å². The highest BCUT2D eigenvalue weighted by Crippen LogP contribution is 2.04. The Balaban J connectivity index is 2.57. The zero-order valence-electron chi connectivity index (χ0n) is 10.3. The molecule has 1 aromatic heterocycles. The van der Waals surface area contributed by atoms with Gasteiger partial charge in [-0.2, -0.15) is 5.10 Å². The molecular weight excluding hydrogens is 276 g/mol. The number of aryl methyl sites for hydroxylation is 1. The van der Waals surface area contributed by atoms with E-state index in [0.29, 0.717) is 0 Å². The number of sulfonamides is 1. The van der Waals surface area contributed by atoms with Crippen LogP contribution in [0, 0.1) is 0 Å². The quantitative estimate of drug-likeness (QED) is 0.571. The predicted octanol–water partition coefficient (Wildman–Crippen LogP) is -1.71. The molecule has 0 spiro atoms. The van der Waals surface area contributed by atoms with Crippen molar-refractivity contribution < 1.29 is 23.1 Å². The number of amides is 1. The topological polar surface area (TPSA) is 130 Å². The van der Waals surface area contributed by atoms with Crippen LogP contribution in [0.4, 0.5) is 0 Å². The number of carboxylic acid groups (broad SMARTS) is 1. The summed E-state index contributed by atoms with van der Waals surface area (Å²) in [5.41, 5.74) is 0. The molecule has 1 amide bonds. The van der Waals surface area contributed by atoms with Crippen LogP contribution in [0.25, 0.3) is 0 Å². The molecule has 1 heterocycles. The highest BCUT2D eigenvalue weighted by atomic mass is 32.2. The van der Waals surface area contributed by atoms with Crippen LogP contribution in [-0.2, 0) is 26.7 Å². The maximum Gasteiger partial charge on any atom is 0.325 e. The van der Waals surface area contributed by atoms with Crippen molar-refractivity contribution in [2.75, 3.05) is 6.54 Å². The molecule has 9 nitrogen and oxygen atoms in total. The summed E-state index contributed by atoms with van der Waals surface area (Å²) in [6, 6.07) is -1.09. The van der Waals surface area contributed by atoms with Crippen molar-refractivity contribution in [3.8, 4) is 0 Å². The van der Waals surface area contributed by atoms with E-state index in [9.17, 15) is 18.0 Å². The first-order valence-corrected chi connectivity index (χ1v) is 6.71. The molecule has 3 N–H and O–H groups in total. The summed E-state index contributed by atoms with van der Waals surface area (Å²) in [5, 5.41) is 14.4. The Bertz CT molecular complexity index is 579. The minimum atomic E-state index is -3.83. The molecule has 1 aromatic rings. The number of hydrogen-bond acceptors (Lipinski definition) is 5. The summed E-state index contributed by atoms with van der Waals surface area (Å²) in [6.07, 6.45) is 2.42. The Labute approximate surface area is 109 Å². The van der Waals surface area contributed by atoms with E-state index in [1.807, 2.05) is 4.72 Å². The van der Waals surface area contributed by atoms with E-state index in [-0.39, 0.29) is 4.90 Å². The number of carbonyl (C=O) groups excluding carboxylic acids is 1. The molecule has 1 rings (SSSR count). The summed E-state index contributed by atoms with van der Waals surface area (Å²) >= 11 is 0. The Hall–Kier alpha value is -1.94. The number of aliphatic carboxylic acids is 1. The van der Waals surface area contributed by atoms with Crippen LogP contribution >= 0.6 is 0 Å². The minimum Gasteiger partial charge on any atom is -0.480 e. The zero-order chi connectivity index (χ0) is 14.6. The second-order valence-corrected chi connectivity index (χ2v) is 5.57. The van der Waals surface area contributed by atoms with Crippen LogP contribution < -0.4 is 10.0 Å². The van der Waals surface area contributed by atoms with Crippen LogP contribution in [0.3, 0.4) is 0 Å². The molecule has 1 atom stereocenters. The maximum atomic E-state index is 11.7. The van der Waals surface area contributed by atoms with Gasteiger partial charge in [0.2, 0.25) is 15.9 Å². The van der Waals surface area contributed by atoms with Crippen molar-refractivity contribution in [2.45, 2.75) is 17.9 Å². The number of carboxylic acids is 1. The van der Waals surface area contributed by atoms with E-state index in [0.717, 1.165) is 6.20 Å². The number of nitrogens with zero attached hydrogens (tertiary/aromatic N) is 2. The lowest BCUT2D eigenvalue weighted by molar-refractivity contribution is -0.141. The number of aromatic nitrogens is 2. The first-order chi connectivity index (χ1) is 8.72. The molecule has 0 aliphatic rings. The molecule has 1 unspecified atom stereocenters. The molecule has 0 saturated carbocycles. The van der Waals surface area contributed by atoms with Crippen LogP contribution in [0.15, 0.2) is 17.3 Å². The first-order valence-electron chi connectivity index (χ1n) is 5.23. The van der Waals surface area contributed by atoms with E-state index in [2.05, 4.69) is 10.4 Å². The second kappa shape index (κ2) is 5.80. The van der Waals surface area contributed by atoms with E-state index < -0.39 is 34.5 Å². The van der Waals surface area contributed by atoms with E-state index >= 15 is 0 Å². The molecule has 10 heteroatoms. The van der Waals surface area contributed by atoms with Gasteiger partial charge in [-0.3, -0.25) is 14.3 Å². The van der Waals surface area contributed by atoms with E-state index in [4.69, 9.17) is 5.11 Å². The Morgan fingerprint density at radius 3 is 2.63 bits per heavy atom. The van der Waals surface area contributed by atoms with Gasteiger partial charge in [-0.15, -0.1) is 0 Å². The van der Waals surface area contributed by atoms with Gasteiger partial charge < -0.3 is 10.4 Å². The third kappa shape index (κ3) is 4.34. The van der Waals surface area contributed by atoms with E-state index in [1.54, 1.807) is 7.05 Å². The largest absolute Gasteiger partial charge is 0.480 e. The fourth-order valence-electron chi connectivity index (χ4n) is 1.14. The van der Waals surface area contributed by atoms with Gasteiger partial charge in [-0.05, 0) is 6.92 Å². The average molecular weight is 290 g/mol. The fourth-order valence-corrected chi connectivity index (χ4v) is 2.10. The summed E-state index contributed by atoms with van der Waals surface area (Å²) in [7, 11) is -2.28. The van der Waals surface area contributed by atoms with Crippen LogP contribution in [-0.4, -0.2) is 47.8 Å². The lowest BCUT2D eigenvalue weighted by Crippen LogP contribution is -2.43. The van der Waals surface area contributed by atoms with Crippen molar-refractivity contribution in [1.29, 1.82) is 0 Å². The molecule has 0 bridgehead atoms. The molecule has 106 valence electrons. The molecule has 19 heavy (non-hydrogen) atoms. The lowest BCUT2D eigenvalue weighted by Gasteiger charge is -2.09. The van der Waals surface area contributed by atoms with Gasteiger partial charge in [-0.1, -0.05) is 0 Å². The SMILES string of the molecule is CC(NC(=O)CNS(=O)(=O)c1cnn(C)c1)C(=O)O. The molecule has 0 fully saturated rings. The summed E-state index contributed by atoms with van der Waals surface area (Å²) in [4.78, 5) is 21.7. The number of hydrogen-bond donors (Lipinski definition) is 3. The van der Waals surface area contributed by atoms with Gasteiger partial charge in [0.1, 0.15) is 10.9 Å². The van der Waals surface area contributed by atoms with Crippen molar-refractivity contribution >= 4 is 21.9 Å². The number of nitrogens with one attached hydrogen (secondary N) is 2. The Kier molecular flexibility index (Phi) is 4.62. The molecule has 0 aromatic carbocycles. The van der Waals surface area contributed by atoms with Crippen molar-refractivity contribution in [1.82, 2.24) is 19.8 Å². The lowest BCUT2D eigenvalue weighted by atomic mass is 10.3. The Morgan fingerprint density at radius 2 is 2.16 bits per heavy atom. The van der Waals surface area contributed by atoms with Crippen LogP contribution in [0.2, 0.25) is 0 Å². The number of rotatable bonds is 6. The highest BCUT2D eigenvalue weighted by Gasteiger charge is 2.19. The van der Waals surface area contributed by atoms with Gasteiger partial charge in [0.05, 0.1) is 12.7 Å². The third-order valence-electron chi connectivity index (χ3n) is 2.16. The second-order valence-electron chi connectivity index (χ2n) is 3.80. The highest BCUT2D eigenvalue weighted by molar-refractivity contribution is 7.89. The molecule has 0 aliphatic carbocycles. The molecule has 0 saturated heterocycles. The normalized spacial score (nSPS) is 12.9. The molecule has 0 aliphatic heterocycles. The fraction of sp³-hybridized carbons (Fsp3) is 0.444.